The third-order valence-corrected chi connectivity index (χ3v) is 3.60. The number of hydrogen-bond acceptors (Lipinski definition) is 3. The average Bonchev–Trinajstić information content (AvgIpc) is 2.28. The van der Waals surface area contributed by atoms with E-state index < -0.39 is 0 Å². The minimum atomic E-state index is -0.224. The highest BCUT2D eigenvalue weighted by Gasteiger charge is 2.14. The van der Waals surface area contributed by atoms with Gasteiger partial charge in [0.25, 0.3) is 0 Å². The molecule has 0 radical (unpaired) electrons. The molecule has 17 heavy (non-hydrogen) atoms. The summed E-state index contributed by atoms with van der Waals surface area (Å²) in [5.74, 6) is 0.401. The number of hydrogen-bond donors (Lipinski definition) is 1. The lowest BCUT2D eigenvalue weighted by molar-refractivity contribution is -0.115. The molecule has 0 aliphatic heterocycles. The fourth-order valence-electron chi connectivity index (χ4n) is 1.27. The second-order valence-corrected chi connectivity index (χ2v) is 5.29. The third kappa shape index (κ3) is 4.61. The second-order valence-electron chi connectivity index (χ2n) is 3.96. The summed E-state index contributed by atoms with van der Waals surface area (Å²) in [5, 5.41) is 2.64. The molecule has 1 rings (SSSR count). The van der Waals surface area contributed by atoms with Gasteiger partial charge in [-0.05, 0) is 32.4 Å². The van der Waals surface area contributed by atoms with Crippen LogP contribution in [0.15, 0.2) is 24.3 Å². The standard InChI is InChI=1S/C13H17NO2S/c1-9-6-4-5-7-12(9)14-13(16)11(3)17-8-10(2)15/h4-7,11H,8H2,1-3H3,(H,14,16)/t11-/m0/s1. The molecule has 0 aliphatic rings. The molecule has 0 aliphatic carbocycles. The van der Waals surface area contributed by atoms with Crippen LogP contribution in [0.4, 0.5) is 5.69 Å². The molecule has 0 bridgehead atoms. The first-order valence-electron chi connectivity index (χ1n) is 5.48. The van der Waals surface area contributed by atoms with Gasteiger partial charge in [0.2, 0.25) is 5.91 Å². The Balaban J connectivity index is 2.54. The van der Waals surface area contributed by atoms with Gasteiger partial charge in [0.15, 0.2) is 0 Å². The third-order valence-electron chi connectivity index (χ3n) is 2.31. The molecule has 1 aromatic rings. The van der Waals surface area contributed by atoms with Crippen LogP contribution in [0.5, 0.6) is 0 Å². The second kappa shape index (κ2) is 6.45. The fraction of sp³-hybridized carbons (Fsp3) is 0.385. The largest absolute Gasteiger partial charge is 0.325 e. The van der Waals surface area contributed by atoms with E-state index in [1.165, 1.54) is 18.7 Å². The van der Waals surface area contributed by atoms with E-state index in [1.807, 2.05) is 31.2 Å². The van der Waals surface area contributed by atoms with E-state index in [4.69, 9.17) is 0 Å². The van der Waals surface area contributed by atoms with Crippen LogP contribution in [-0.2, 0) is 9.59 Å². The highest BCUT2D eigenvalue weighted by Crippen LogP contribution is 2.17. The summed E-state index contributed by atoms with van der Waals surface area (Å²) in [6.45, 7) is 5.28. The van der Waals surface area contributed by atoms with Gasteiger partial charge in [0, 0.05) is 5.69 Å². The first kappa shape index (κ1) is 13.8. The number of carbonyl (C=O) groups excluding carboxylic acids is 2. The molecule has 0 unspecified atom stereocenters. The minimum Gasteiger partial charge on any atom is -0.325 e. The van der Waals surface area contributed by atoms with E-state index in [0.29, 0.717) is 5.75 Å². The molecular formula is C13H17NO2S. The number of Topliss-reactive ketones (excluding diaryl/α,β-unsaturated/α-hetero) is 1. The number of rotatable bonds is 5. The van der Waals surface area contributed by atoms with Crippen molar-refractivity contribution in [2.75, 3.05) is 11.1 Å². The zero-order valence-corrected chi connectivity index (χ0v) is 11.1. The topological polar surface area (TPSA) is 46.2 Å². The molecule has 92 valence electrons. The number of amides is 1. The lowest BCUT2D eigenvalue weighted by Crippen LogP contribution is -2.23. The van der Waals surface area contributed by atoms with Crippen LogP contribution in [0.2, 0.25) is 0 Å². The van der Waals surface area contributed by atoms with Crippen molar-refractivity contribution >= 4 is 29.1 Å². The minimum absolute atomic E-state index is 0.0643. The van der Waals surface area contributed by atoms with Crippen molar-refractivity contribution in [3.05, 3.63) is 29.8 Å². The van der Waals surface area contributed by atoms with Crippen LogP contribution in [0.1, 0.15) is 19.4 Å². The van der Waals surface area contributed by atoms with Crippen molar-refractivity contribution < 1.29 is 9.59 Å². The zero-order chi connectivity index (χ0) is 12.8. The SMILES string of the molecule is CC(=O)CS[C@@H](C)C(=O)Nc1ccccc1C. The maximum atomic E-state index is 11.8. The quantitative estimate of drug-likeness (QED) is 0.875. The molecule has 0 spiro atoms. The van der Waals surface area contributed by atoms with Gasteiger partial charge in [0.05, 0.1) is 11.0 Å². The van der Waals surface area contributed by atoms with Gasteiger partial charge in [-0.2, -0.15) is 0 Å². The number of carbonyl (C=O) groups is 2. The summed E-state index contributed by atoms with van der Waals surface area (Å²) < 4.78 is 0. The van der Waals surface area contributed by atoms with Crippen LogP contribution >= 0.6 is 11.8 Å². The molecule has 0 heterocycles. The first-order valence-corrected chi connectivity index (χ1v) is 6.53. The number of anilines is 1. The van der Waals surface area contributed by atoms with Crippen molar-refractivity contribution in [2.45, 2.75) is 26.0 Å². The van der Waals surface area contributed by atoms with Gasteiger partial charge in [-0.1, -0.05) is 18.2 Å². The predicted molar refractivity (Wildman–Crippen MR) is 72.4 cm³/mol. The molecule has 0 aromatic heterocycles. The number of nitrogens with one attached hydrogen (secondary N) is 1. The molecule has 0 saturated heterocycles. The van der Waals surface area contributed by atoms with Crippen LogP contribution in [0, 0.1) is 6.92 Å². The van der Waals surface area contributed by atoms with Crippen molar-refractivity contribution in [3.8, 4) is 0 Å². The lowest BCUT2D eigenvalue weighted by Gasteiger charge is -2.12. The summed E-state index contributed by atoms with van der Waals surface area (Å²) >= 11 is 1.36. The number of thioether (sulfide) groups is 1. The molecule has 1 amide bonds. The van der Waals surface area contributed by atoms with Gasteiger partial charge in [-0.25, -0.2) is 0 Å². The van der Waals surface area contributed by atoms with Crippen molar-refractivity contribution in [1.29, 1.82) is 0 Å². The van der Waals surface area contributed by atoms with Crippen LogP contribution in [0.3, 0.4) is 0 Å². The summed E-state index contributed by atoms with van der Waals surface area (Å²) in [4.78, 5) is 22.7. The number of para-hydroxylation sites is 1. The molecule has 0 saturated carbocycles. The number of benzene rings is 1. The maximum absolute atomic E-state index is 11.8. The maximum Gasteiger partial charge on any atom is 0.237 e. The van der Waals surface area contributed by atoms with Crippen LogP contribution in [-0.4, -0.2) is 22.7 Å². The Morgan fingerprint density at radius 2 is 2.00 bits per heavy atom. The van der Waals surface area contributed by atoms with Crippen molar-refractivity contribution in [2.24, 2.45) is 0 Å². The van der Waals surface area contributed by atoms with Crippen LogP contribution < -0.4 is 5.32 Å². The summed E-state index contributed by atoms with van der Waals surface area (Å²) in [6, 6.07) is 7.63. The van der Waals surface area contributed by atoms with Gasteiger partial charge in [-0.3, -0.25) is 9.59 Å². The fourth-order valence-corrected chi connectivity index (χ4v) is 1.96. The Bertz CT molecular complexity index is 418. The summed E-state index contributed by atoms with van der Waals surface area (Å²) in [5.41, 5.74) is 1.86. The smallest absolute Gasteiger partial charge is 0.237 e. The monoisotopic (exact) mass is 251 g/mol. The van der Waals surface area contributed by atoms with E-state index in [2.05, 4.69) is 5.32 Å². The molecule has 4 heteroatoms. The van der Waals surface area contributed by atoms with Gasteiger partial charge in [-0.15, -0.1) is 11.8 Å². The van der Waals surface area contributed by atoms with Gasteiger partial charge in [0.1, 0.15) is 5.78 Å². The molecule has 0 fully saturated rings. The summed E-state index contributed by atoms with van der Waals surface area (Å²) in [6.07, 6.45) is 0. The normalized spacial score (nSPS) is 11.9. The summed E-state index contributed by atoms with van der Waals surface area (Å²) in [7, 11) is 0. The Labute approximate surface area is 106 Å². The highest BCUT2D eigenvalue weighted by atomic mass is 32.2. The van der Waals surface area contributed by atoms with Crippen molar-refractivity contribution in [3.63, 3.8) is 0 Å². The highest BCUT2D eigenvalue weighted by molar-refractivity contribution is 8.01. The van der Waals surface area contributed by atoms with Crippen LogP contribution in [0.25, 0.3) is 0 Å². The predicted octanol–water partition coefficient (Wildman–Crippen LogP) is 2.64. The Hall–Kier alpha value is -1.29. The van der Waals surface area contributed by atoms with E-state index in [0.717, 1.165) is 11.3 Å². The van der Waals surface area contributed by atoms with E-state index in [-0.39, 0.29) is 16.9 Å². The van der Waals surface area contributed by atoms with Crippen molar-refractivity contribution in [1.82, 2.24) is 0 Å². The molecule has 1 N–H and O–H groups in total. The van der Waals surface area contributed by atoms with Gasteiger partial charge < -0.3 is 5.32 Å². The van der Waals surface area contributed by atoms with E-state index in [1.54, 1.807) is 6.92 Å². The molecule has 1 atom stereocenters. The Kier molecular flexibility index (Phi) is 5.22. The lowest BCUT2D eigenvalue weighted by atomic mass is 10.2. The number of ketones is 1. The van der Waals surface area contributed by atoms with E-state index >= 15 is 0 Å². The van der Waals surface area contributed by atoms with Gasteiger partial charge >= 0.3 is 0 Å². The average molecular weight is 251 g/mol. The zero-order valence-electron chi connectivity index (χ0n) is 10.3. The molecule has 1 aromatic carbocycles. The Morgan fingerprint density at radius 1 is 1.35 bits per heavy atom. The molecular weight excluding hydrogens is 234 g/mol. The Morgan fingerprint density at radius 3 is 2.59 bits per heavy atom. The molecule has 3 nitrogen and oxygen atoms in total. The number of aryl methyl sites for hydroxylation is 1. The van der Waals surface area contributed by atoms with E-state index in [9.17, 15) is 9.59 Å². The first-order chi connectivity index (χ1) is 8.00.